The number of unbranched alkanes of at least 4 members (excludes halogenated alkanes) is 11. The zero-order valence-corrected chi connectivity index (χ0v) is 36.2. The second kappa shape index (κ2) is 43.5. The van der Waals surface area contributed by atoms with Crippen molar-refractivity contribution in [3.8, 4) is 0 Å². The maximum atomic E-state index is 12.5. The van der Waals surface area contributed by atoms with Crippen LogP contribution in [0.15, 0.2) is 97.2 Å². The first-order chi connectivity index (χ1) is 27.4. The molecule has 320 valence electrons. The number of hydrogen-bond donors (Lipinski definition) is 2. The van der Waals surface area contributed by atoms with Crippen LogP contribution < -0.4 is 5.73 Å². The molecule has 3 N–H and O–H groups in total. The summed E-state index contributed by atoms with van der Waals surface area (Å²) < 4.78 is 33.3. The molecular weight excluding hydrogens is 721 g/mol. The number of phosphoric acid groups is 1. The molecule has 0 radical (unpaired) electrons. The fourth-order valence-electron chi connectivity index (χ4n) is 5.31. The van der Waals surface area contributed by atoms with E-state index in [0.29, 0.717) is 13.0 Å². The second-order valence-electron chi connectivity index (χ2n) is 13.8. The Morgan fingerprint density at radius 3 is 1.52 bits per heavy atom. The average Bonchev–Trinajstić information content (AvgIpc) is 3.19. The average molecular weight is 802 g/mol. The smallest absolute Gasteiger partial charge is 0.457 e. The van der Waals surface area contributed by atoms with Gasteiger partial charge < -0.3 is 20.1 Å². The number of carbonyl (C=O) groups excluding carboxylic acids is 1. The van der Waals surface area contributed by atoms with E-state index in [1.54, 1.807) is 0 Å². The highest BCUT2D eigenvalue weighted by Gasteiger charge is 2.25. The number of ether oxygens (including phenoxy) is 2. The fraction of sp³-hybridized carbons (Fsp3) is 0.638. The van der Waals surface area contributed by atoms with E-state index in [9.17, 15) is 14.3 Å². The normalized spacial score (nSPS) is 14.4. The highest BCUT2D eigenvalue weighted by molar-refractivity contribution is 7.47. The lowest BCUT2D eigenvalue weighted by molar-refractivity contribution is -0.154. The van der Waals surface area contributed by atoms with E-state index in [0.717, 1.165) is 116 Å². The highest BCUT2D eigenvalue weighted by Crippen LogP contribution is 2.43. The summed E-state index contributed by atoms with van der Waals surface area (Å²) in [5.41, 5.74) is 5.36. The van der Waals surface area contributed by atoms with Crippen LogP contribution in [0.4, 0.5) is 0 Å². The minimum atomic E-state index is -4.29. The van der Waals surface area contributed by atoms with E-state index >= 15 is 0 Å². The Balaban J connectivity index is 4.08. The van der Waals surface area contributed by atoms with Gasteiger partial charge in [-0.1, -0.05) is 156 Å². The molecule has 0 aromatic rings. The van der Waals surface area contributed by atoms with E-state index in [1.807, 2.05) is 0 Å². The second-order valence-corrected chi connectivity index (χ2v) is 15.3. The van der Waals surface area contributed by atoms with Crippen molar-refractivity contribution in [3.63, 3.8) is 0 Å². The molecule has 0 aliphatic rings. The molecular formula is C47H80NO7P. The van der Waals surface area contributed by atoms with Crippen LogP contribution >= 0.6 is 7.82 Å². The molecule has 2 atom stereocenters. The van der Waals surface area contributed by atoms with Crippen LogP contribution in [0.3, 0.4) is 0 Å². The third-order valence-corrected chi connectivity index (χ3v) is 9.47. The number of phosphoric ester groups is 1. The Morgan fingerprint density at radius 1 is 0.554 bits per heavy atom. The van der Waals surface area contributed by atoms with Crippen molar-refractivity contribution in [2.45, 2.75) is 161 Å². The summed E-state index contributed by atoms with van der Waals surface area (Å²) in [5.74, 6) is -0.356. The van der Waals surface area contributed by atoms with Crippen molar-refractivity contribution < 1.29 is 32.8 Å². The molecule has 0 aliphatic heterocycles. The third-order valence-electron chi connectivity index (χ3n) is 8.49. The van der Waals surface area contributed by atoms with Crippen LogP contribution in [-0.2, 0) is 27.9 Å². The first-order valence-electron chi connectivity index (χ1n) is 21.7. The Kier molecular flexibility index (Phi) is 41.5. The van der Waals surface area contributed by atoms with Crippen LogP contribution in [0, 0.1) is 0 Å². The van der Waals surface area contributed by atoms with Crippen LogP contribution in [0.25, 0.3) is 0 Å². The molecule has 0 saturated carbocycles. The van der Waals surface area contributed by atoms with Crippen LogP contribution in [-0.4, -0.2) is 49.9 Å². The maximum Gasteiger partial charge on any atom is 0.472 e. The van der Waals surface area contributed by atoms with E-state index in [-0.39, 0.29) is 32.3 Å². The van der Waals surface area contributed by atoms with Crippen molar-refractivity contribution in [3.05, 3.63) is 97.2 Å². The predicted octanol–water partition coefficient (Wildman–Crippen LogP) is 13.1. The summed E-state index contributed by atoms with van der Waals surface area (Å²) in [6.45, 7) is 4.66. The van der Waals surface area contributed by atoms with Crippen LogP contribution in [0.1, 0.15) is 155 Å². The lowest BCUT2D eigenvalue weighted by Gasteiger charge is -2.20. The highest BCUT2D eigenvalue weighted by atomic mass is 31.2. The van der Waals surface area contributed by atoms with E-state index in [1.165, 1.54) is 19.3 Å². The lowest BCUT2D eigenvalue weighted by Crippen LogP contribution is -2.28. The van der Waals surface area contributed by atoms with Gasteiger partial charge in [-0.25, -0.2) is 4.57 Å². The summed E-state index contributed by atoms with van der Waals surface area (Å²) in [4.78, 5) is 22.4. The van der Waals surface area contributed by atoms with Gasteiger partial charge >= 0.3 is 13.8 Å². The molecule has 0 saturated heterocycles. The first-order valence-corrected chi connectivity index (χ1v) is 23.2. The summed E-state index contributed by atoms with van der Waals surface area (Å²) in [6.07, 6.45) is 57.2. The number of rotatable bonds is 40. The van der Waals surface area contributed by atoms with Crippen LogP contribution in [0.5, 0.6) is 0 Å². The summed E-state index contributed by atoms with van der Waals surface area (Å²) in [5, 5.41) is 0. The quantitative estimate of drug-likeness (QED) is 0.0272. The van der Waals surface area contributed by atoms with Crippen molar-refractivity contribution in [2.24, 2.45) is 5.73 Å². The fourth-order valence-corrected chi connectivity index (χ4v) is 6.07. The van der Waals surface area contributed by atoms with Crippen molar-refractivity contribution in [1.29, 1.82) is 0 Å². The molecule has 0 heterocycles. The van der Waals surface area contributed by atoms with Gasteiger partial charge in [0.25, 0.3) is 0 Å². The van der Waals surface area contributed by atoms with Gasteiger partial charge in [0, 0.05) is 19.6 Å². The zero-order chi connectivity index (χ0) is 40.9. The topological polar surface area (TPSA) is 117 Å². The number of allylic oxidation sites excluding steroid dienone is 16. The molecule has 0 rings (SSSR count). The van der Waals surface area contributed by atoms with Gasteiger partial charge in [0.15, 0.2) is 0 Å². The molecule has 0 aliphatic carbocycles. The Morgan fingerprint density at radius 2 is 1.00 bits per heavy atom. The van der Waals surface area contributed by atoms with Crippen molar-refractivity contribution >= 4 is 13.8 Å². The molecule has 0 amide bonds. The molecule has 0 fully saturated rings. The first kappa shape index (κ1) is 53.4. The van der Waals surface area contributed by atoms with E-state index in [2.05, 4.69) is 111 Å². The Bertz CT molecular complexity index is 1170. The SMILES string of the molecule is CC/C=C\C/C=C\C/C=C\C/C=C\C/C=C\C/C=C\C/C=C\CCCCCCOCC(COP(=O)(O)OCCN)OC(=O)CCCCCCC/C=C\CCCC. The van der Waals surface area contributed by atoms with Gasteiger partial charge in [0.1, 0.15) is 6.10 Å². The minimum Gasteiger partial charge on any atom is -0.457 e. The largest absolute Gasteiger partial charge is 0.472 e. The molecule has 8 nitrogen and oxygen atoms in total. The van der Waals surface area contributed by atoms with Gasteiger partial charge in [-0.05, 0) is 89.9 Å². The van der Waals surface area contributed by atoms with Crippen LogP contribution in [0.2, 0.25) is 0 Å². The monoisotopic (exact) mass is 802 g/mol. The number of esters is 1. The molecule has 0 spiro atoms. The van der Waals surface area contributed by atoms with E-state index in [4.69, 9.17) is 24.3 Å². The summed E-state index contributed by atoms with van der Waals surface area (Å²) in [7, 11) is -4.29. The predicted molar refractivity (Wildman–Crippen MR) is 238 cm³/mol. The summed E-state index contributed by atoms with van der Waals surface area (Å²) in [6, 6.07) is 0. The maximum absolute atomic E-state index is 12.5. The summed E-state index contributed by atoms with van der Waals surface area (Å²) >= 11 is 0. The van der Waals surface area contributed by atoms with Crippen molar-refractivity contribution in [1.82, 2.24) is 0 Å². The van der Waals surface area contributed by atoms with Gasteiger partial charge in [-0.15, -0.1) is 0 Å². The van der Waals surface area contributed by atoms with Gasteiger partial charge in [0.05, 0.1) is 19.8 Å². The minimum absolute atomic E-state index is 0.0890. The van der Waals surface area contributed by atoms with Gasteiger partial charge in [0.2, 0.25) is 0 Å². The molecule has 56 heavy (non-hydrogen) atoms. The molecule has 0 aromatic heterocycles. The zero-order valence-electron chi connectivity index (χ0n) is 35.3. The number of nitrogens with two attached hydrogens (primary N) is 1. The molecule has 0 bridgehead atoms. The third kappa shape index (κ3) is 42.6. The lowest BCUT2D eigenvalue weighted by atomic mass is 10.1. The Labute approximate surface area is 342 Å². The molecule has 2 unspecified atom stereocenters. The Hall–Kier alpha value is -2.58. The number of hydrogen-bond acceptors (Lipinski definition) is 7. The van der Waals surface area contributed by atoms with Gasteiger partial charge in [-0.2, -0.15) is 0 Å². The number of carbonyl (C=O) groups is 1. The standard InChI is InChI=1S/C47H80NO7P/c1-3-5-7-9-11-13-15-16-17-18-19-20-21-22-23-24-25-26-27-28-29-31-33-35-37-39-42-52-44-46(45-54-56(50,51)53-43-41-48)55-47(49)40-38-36-34-32-30-14-12-10-8-6-4-2/h5,7,10-13,16-17,19-20,22-23,25-26,28-29,46H,3-4,6,8-9,14-15,18,21,24,27,30-45,48H2,1-2H3,(H,50,51)/b7-5-,12-10-,13-11-,17-16-,20-19-,23-22-,26-25-,29-28-. The van der Waals surface area contributed by atoms with E-state index < -0.39 is 13.9 Å². The van der Waals surface area contributed by atoms with Gasteiger partial charge in [-0.3, -0.25) is 13.8 Å². The van der Waals surface area contributed by atoms with Crippen molar-refractivity contribution in [2.75, 3.05) is 33.0 Å². The molecule has 0 aromatic carbocycles. The molecule has 9 heteroatoms.